The molecule has 0 radical (unpaired) electrons. The molecule has 0 spiro atoms. The lowest BCUT2D eigenvalue weighted by molar-refractivity contribution is 0.211. The normalized spacial score (nSPS) is 27.8. The maximum Gasteiger partial charge on any atom is 0.108 e. The van der Waals surface area contributed by atoms with Crippen LogP contribution < -0.4 is 5.32 Å². The van der Waals surface area contributed by atoms with E-state index in [1.54, 1.807) is 0 Å². The van der Waals surface area contributed by atoms with Crippen LogP contribution in [0.5, 0.6) is 0 Å². The molecule has 1 N–H and O–H groups in total. The maximum absolute atomic E-state index is 9.21. The number of hydrogen-bond donors (Lipinski definition) is 1. The van der Waals surface area contributed by atoms with Crippen LogP contribution in [0.3, 0.4) is 0 Å². The van der Waals surface area contributed by atoms with Crippen molar-refractivity contribution in [2.24, 2.45) is 0 Å². The summed E-state index contributed by atoms with van der Waals surface area (Å²) in [5, 5.41) is 12.6. The van der Waals surface area contributed by atoms with Crippen molar-refractivity contribution in [1.29, 1.82) is 5.26 Å². The van der Waals surface area contributed by atoms with E-state index >= 15 is 0 Å². The zero-order chi connectivity index (χ0) is 13.0. The average molecular weight is 250 g/mol. The van der Waals surface area contributed by atoms with Crippen LogP contribution in [0.15, 0.2) is 0 Å². The standard InChI is InChI=1S/C14H26N4/c1-12(2)16-13(9-15)10-17-6-4-8-18-7-3-5-14(18)11-17/h12-14,16H,3-8,10-11H2,1-2H3. The Morgan fingerprint density at radius 1 is 1.28 bits per heavy atom. The van der Waals surface area contributed by atoms with Crippen molar-refractivity contribution >= 4 is 0 Å². The molecule has 2 saturated heterocycles. The minimum Gasteiger partial charge on any atom is -0.299 e. The van der Waals surface area contributed by atoms with Gasteiger partial charge >= 0.3 is 0 Å². The molecule has 0 aromatic rings. The molecule has 2 fully saturated rings. The molecule has 2 unspecified atom stereocenters. The van der Waals surface area contributed by atoms with Gasteiger partial charge in [0.15, 0.2) is 0 Å². The van der Waals surface area contributed by atoms with E-state index in [0.29, 0.717) is 6.04 Å². The summed E-state index contributed by atoms with van der Waals surface area (Å²) in [6.07, 6.45) is 3.94. The first-order valence-corrected chi connectivity index (χ1v) is 7.31. The number of nitrogens with one attached hydrogen (secondary N) is 1. The van der Waals surface area contributed by atoms with E-state index < -0.39 is 0 Å². The summed E-state index contributed by atoms with van der Waals surface area (Å²) in [7, 11) is 0. The minimum atomic E-state index is -0.0297. The zero-order valence-electron chi connectivity index (χ0n) is 11.7. The van der Waals surface area contributed by atoms with Crippen molar-refractivity contribution in [2.75, 3.05) is 32.7 Å². The van der Waals surface area contributed by atoms with Gasteiger partial charge in [-0.1, -0.05) is 0 Å². The van der Waals surface area contributed by atoms with E-state index in [1.807, 2.05) is 0 Å². The first kappa shape index (κ1) is 13.8. The second-order valence-electron chi connectivity index (χ2n) is 5.95. The zero-order valence-corrected chi connectivity index (χ0v) is 11.7. The fourth-order valence-corrected chi connectivity index (χ4v) is 3.24. The molecule has 2 aliphatic heterocycles. The summed E-state index contributed by atoms with van der Waals surface area (Å²) in [5.74, 6) is 0. The van der Waals surface area contributed by atoms with Gasteiger partial charge in [-0.2, -0.15) is 5.26 Å². The Hall–Kier alpha value is -0.630. The first-order chi connectivity index (χ1) is 8.69. The van der Waals surface area contributed by atoms with E-state index in [2.05, 4.69) is 35.0 Å². The van der Waals surface area contributed by atoms with Crippen LogP contribution in [0.4, 0.5) is 0 Å². The van der Waals surface area contributed by atoms with Gasteiger partial charge in [-0.3, -0.25) is 15.1 Å². The number of nitriles is 1. The topological polar surface area (TPSA) is 42.3 Å². The predicted molar refractivity (Wildman–Crippen MR) is 73.3 cm³/mol. The second kappa shape index (κ2) is 6.51. The number of nitrogens with zero attached hydrogens (tertiary/aromatic N) is 3. The Morgan fingerprint density at radius 3 is 2.78 bits per heavy atom. The molecule has 4 nitrogen and oxygen atoms in total. The van der Waals surface area contributed by atoms with Gasteiger partial charge in [-0.15, -0.1) is 0 Å². The van der Waals surface area contributed by atoms with E-state index in [0.717, 1.165) is 25.7 Å². The second-order valence-corrected chi connectivity index (χ2v) is 5.95. The van der Waals surface area contributed by atoms with E-state index in [-0.39, 0.29) is 6.04 Å². The lowest BCUT2D eigenvalue weighted by Crippen LogP contribution is -2.45. The third-order valence-electron chi connectivity index (χ3n) is 4.02. The Morgan fingerprint density at radius 2 is 2.06 bits per heavy atom. The summed E-state index contributed by atoms with van der Waals surface area (Å²) >= 11 is 0. The first-order valence-electron chi connectivity index (χ1n) is 7.31. The third kappa shape index (κ3) is 3.68. The summed E-state index contributed by atoms with van der Waals surface area (Å²) in [6, 6.07) is 3.49. The molecular formula is C14H26N4. The Bertz CT molecular complexity index is 297. The summed E-state index contributed by atoms with van der Waals surface area (Å²) in [4.78, 5) is 5.12. The van der Waals surface area contributed by atoms with Crippen LogP contribution >= 0.6 is 0 Å². The van der Waals surface area contributed by atoms with Crippen molar-refractivity contribution in [1.82, 2.24) is 15.1 Å². The summed E-state index contributed by atoms with van der Waals surface area (Å²) < 4.78 is 0. The number of hydrogen-bond acceptors (Lipinski definition) is 4. The Labute approximate surface area is 111 Å². The van der Waals surface area contributed by atoms with E-state index in [9.17, 15) is 5.26 Å². The lowest BCUT2D eigenvalue weighted by atomic mass is 10.2. The molecule has 0 aromatic heterocycles. The molecule has 18 heavy (non-hydrogen) atoms. The van der Waals surface area contributed by atoms with Crippen molar-refractivity contribution in [3.63, 3.8) is 0 Å². The van der Waals surface area contributed by atoms with Gasteiger partial charge in [-0.25, -0.2) is 0 Å². The smallest absolute Gasteiger partial charge is 0.108 e. The largest absolute Gasteiger partial charge is 0.299 e. The Kier molecular flexibility index (Phi) is 4.99. The van der Waals surface area contributed by atoms with Crippen LogP contribution in [0.25, 0.3) is 0 Å². The van der Waals surface area contributed by atoms with Gasteiger partial charge < -0.3 is 0 Å². The molecule has 102 valence electrons. The SMILES string of the molecule is CC(C)NC(C#N)CN1CCCN2CCCC2C1. The number of rotatable bonds is 4. The Balaban J connectivity index is 1.86. The van der Waals surface area contributed by atoms with Crippen molar-refractivity contribution in [2.45, 2.75) is 51.2 Å². The van der Waals surface area contributed by atoms with Crippen LogP contribution in [0.2, 0.25) is 0 Å². The molecule has 2 aliphatic rings. The van der Waals surface area contributed by atoms with E-state index in [1.165, 1.54) is 32.4 Å². The lowest BCUT2D eigenvalue weighted by Gasteiger charge is -2.27. The van der Waals surface area contributed by atoms with Gasteiger partial charge in [0.25, 0.3) is 0 Å². The van der Waals surface area contributed by atoms with Gasteiger partial charge in [0, 0.05) is 25.2 Å². The van der Waals surface area contributed by atoms with Crippen LogP contribution in [-0.2, 0) is 0 Å². The fraction of sp³-hybridized carbons (Fsp3) is 0.929. The van der Waals surface area contributed by atoms with Gasteiger partial charge in [0.1, 0.15) is 6.04 Å². The fourth-order valence-electron chi connectivity index (χ4n) is 3.24. The molecule has 0 bridgehead atoms. The number of fused-ring (bicyclic) bond motifs is 1. The average Bonchev–Trinajstić information content (AvgIpc) is 2.67. The predicted octanol–water partition coefficient (Wildman–Crippen LogP) is 1.05. The molecular weight excluding hydrogens is 224 g/mol. The van der Waals surface area contributed by atoms with Crippen molar-refractivity contribution < 1.29 is 0 Å². The van der Waals surface area contributed by atoms with Gasteiger partial charge in [-0.05, 0) is 52.7 Å². The van der Waals surface area contributed by atoms with Crippen LogP contribution in [-0.4, -0.2) is 60.6 Å². The highest BCUT2D eigenvalue weighted by Gasteiger charge is 2.29. The molecule has 2 heterocycles. The molecule has 0 saturated carbocycles. The molecule has 2 rings (SSSR count). The quantitative estimate of drug-likeness (QED) is 0.810. The monoisotopic (exact) mass is 250 g/mol. The molecule has 2 atom stereocenters. The molecule has 0 aliphatic carbocycles. The van der Waals surface area contributed by atoms with Crippen molar-refractivity contribution in [3.8, 4) is 6.07 Å². The maximum atomic E-state index is 9.21. The highest BCUT2D eigenvalue weighted by Crippen LogP contribution is 2.21. The molecule has 4 heteroatoms. The highest BCUT2D eigenvalue weighted by molar-refractivity contribution is 4.95. The van der Waals surface area contributed by atoms with Gasteiger partial charge in [0.05, 0.1) is 6.07 Å². The molecule has 0 aromatic carbocycles. The molecule has 0 amide bonds. The van der Waals surface area contributed by atoms with Gasteiger partial charge in [0.2, 0.25) is 0 Å². The highest BCUT2D eigenvalue weighted by atomic mass is 15.3. The van der Waals surface area contributed by atoms with Crippen LogP contribution in [0.1, 0.15) is 33.1 Å². The van der Waals surface area contributed by atoms with E-state index in [4.69, 9.17) is 0 Å². The van der Waals surface area contributed by atoms with Crippen LogP contribution in [0, 0.1) is 11.3 Å². The minimum absolute atomic E-state index is 0.0297. The third-order valence-corrected chi connectivity index (χ3v) is 4.02. The summed E-state index contributed by atoms with van der Waals surface area (Å²) in [6.45, 7) is 9.90. The summed E-state index contributed by atoms with van der Waals surface area (Å²) in [5.41, 5.74) is 0. The van der Waals surface area contributed by atoms with Crippen molar-refractivity contribution in [3.05, 3.63) is 0 Å².